The number of carbonyl (C=O) groups excluding carboxylic acids is 2. The normalized spacial score (nSPS) is 11.8. The van der Waals surface area contributed by atoms with Crippen LogP contribution < -0.4 is 5.73 Å². The minimum atomic E-state index is -1.01. The number of aryl methyl sites for hydroxylation is 1. The van der Waals surface area contributed by atoms with Gasteiger partial charge >= 0.3 is 5.97 Å². The van der Waals surface area contributed by atoms with Crippen LogP contribution in [-0.4, -0.2) is 27.8 Å². The van der Waals surface area contributed by atoms with E-state index in [2.05, 4.69) is 5.10 Å². The standard InChI is InChI=1S/C21H21N3O3/c1-14-8-10-17(11-9-14)19-18(21(26)27-15(2)20(22)25)13-24(23-19)12-16-6-4-3-5-7-16/h3-11,13,15H,12H2,1-2H3,(H2,22,25)/t15-/m1/s1. The second-order valence-corrected chi connectivity index (χ2v) is 6.39. The Hall–Kier alpha value is -3.41. The largest absolute Gasteiger partial charge is 0.449 e. The molecule has 6 nitrogen and oxygen atoms in total. The highest BCUT2D eigenvalue weighted by molar-refractivity contribution is 5.97. The van der Waals surface area contributed by atoms with Crippen LogP contribution in [0.4, 0.5) is 0 Å². The molecule has 1 atom stereocenters. The molecule has 0 unspecified atom stereocenters. The number of primary amides is 1. The minimum Gasteiger partial charge on any atom is -0.449 e. The average Bonchev–Trinajstić information content (AvgIpc) is 3.07. The smallest absolute Gasteiger partial charge is 0.342 e. The Morgan fingerprint density at radius 3 is 2.41 bits per heavy atom. The van der Waals surface area contributed by atoms with E-state index in [-0.39, 0.29) is 0 Å². The van der Waals surface area contributed by atoms with Crippen molar-refractivity contribution >= 4 is 11.9 Å². The zero-order chi connectivity index (χ0) is 19.4. The Balaban J connectivity index is 1.97. The number of rotatable bonds is 6. The van der Waals surface area contributed by atoms with Gasteiger partial charge in [-0.1, -0.05) is 60.2 Å². The second-order valence-electron chi connectivity index (χ2n) is 6.39. The van der Waals surface area contributed by atoms with Crippen LogP contribution in [-0.2, 0) is 16.1 Å². The summed E-state index contributed by atoms with van der Waals surface area (Å²) in [6.07, 6.45) is 0.624. The molecule has 1 heterocycles. The molecule has 0 aliphatic rings. The maximum Gasteiger partial charge on any atom is 0.342 e. The number of nitrogens with two attached hydrogens (primary N) is 1. The molecule has 0 saturated heterocycles. The fraction of sp³-hybridized carbons (Fsp3) is 0.190. The molecular weight excluding hydrogens is 342 g/mol. The summed E-state index contributed by atoms with van der Waals surface area (Å²) in [4.78, 5) is 23.8. The van der Waals surface area contributed by atoms with E-state index in [0.29, 0.717) is 17.8 Å². The number of carbonyl (C=O) groups is 2. The topological polar surface area (TPSA) is 87.2 Å². The van der Waals surface area contributed by atoms with Gasteiger partial charge in [-0.05, 0) is 19.4 Å². The van der Waals surface area contributed by atoms with E-state index in [1.807, 2.05) is 61.5 Å². The Labute approximate surface area is 157 Å². The lowest BCUT2D eigenvalue weighted by Crippen LogP contribution is -2.30. The molecule has 1 amide bonds. The quantitative estimate of drug-likeness (QED) is 0.682. The van der Waals surface area contributed by atoms with Crippen LogP contribution in [0.25, 0.3) is 11.3 Å². The van der Waals surface area contributed by atoms with Gasteiger partial charge in [0, 0.05) is 11.8 Å². The van der Waals surface area contributed by atoms with E-state index >= 15 is 0 Å². The van der Waals surface area contributed by atoms with Gasteiger partial charge in [0.1, 0.15) is 11.3 Å². The van der Waals surface area contributed by atoms with Gasteiger partial charge in [-0.25, -0.2) is 4.79 Å². The van der Waals surface area contributed by atoms with Gasteiger partial charge in [-0.3, -0.25) is 9.48 Å². The Morgan fingerprint density at radius 2 is 1.78 bits per heavy atom. The molecule has 2 aromatic carbocycles. The highest BCUT2D eigenvalue weighted by Crippen LogP contribution is 2.24. The van der Waals surface area contributed by atoms with Crippen LogP contribution in [0.15, 0.2) is 60.8 Å². The summed E-state index contributed by atoms with van der Waals surface area (Å²) in [5, 5.41) is 4.58. The number of ether oxygens (including phenoxy) is 1. The van der Waals surface area contributed by atoms with Gasteiger partial charge in [0.15, 0.2) is 6.10 Å². The van der Waals surface area contributed by atoms with Crippen molar-refractivity contribution in [3.05, 3.63) is 77.5 Å². The van der Waals surface area contributed by atoms with Gasteiger partial charge in [0.2, 0.25) is 0 Å². The van der Waals surface area contributed by atoms with Crippen molar-refractivity contribution in [3.63, 3.8) is 0 Å². The molecule has 0 saturated carbocycles. The molecule has 0 aliphatic heterocycles. The summed E-state index contributed by atoms with van der Waals surface area (Å²) in [5.41, 5.74) is 8.96. The molecule has 0 spiro atoms. The Morgan fingerprint density at radius 1 is 1.11 bits per heavy atom. The predicted molar refractivity (Wildman–Crippen MR) is 102 cm³/mol. The van der Waals surface area contributed by atoms with Crippen LogP contribution in [0.1, 0.15) is 28.4 Å². The summed E-state index contributed by atoms with van der Waals surface area (Å²) in [7, 11) is 0. The fourth-order valence-corrected chi connectivity index (χ4v) is 2.63. The summed E-state index contributed by atoms with van der Waals surface area (Å²) < 4.78 is 6.87. The molecule has 2 N–H and O–H groups in total. The lowest BCUT2D eigenvalue weighted by Gasteiger charge is -2.09. The first-order chi connectivity index (χ1) is 12.9. The monoisotopic (exact) mass is 363 g/mol. The second kappa shape index (κ2) is 7.86. The molecule has 3 aromatic rings. The summed E-state index contributed by atoms with van der Waals surface area (Å²) in [6, 6.07) is 17.5. The first kappa shape index (κ1) is 18.4. The Bertz CT molecular complexity index is 947. The molecule has 1 aromatic heterocycles. The highest BCUT2D eigenvalue weighted by atomic mass is 16.5. The first-order valence-electron chi connectivity index (χ1n) is 8.63. The zero-order valence-electron chi connectivity index (χ0n) is 15.3. The number of hydrogen-bond acceptors (Lipinski definition) is 4. The summed E-state index contributed by atoms with van der Waals surface area (Å²) >= 11 is 0. The number of esters is 1. The molecule has 3 rings (SSSR count). The third-order valence-corrected chi connectivity index (χ3v) is 4.18. The molecule has 138 valence electrons. The number of amides is 1. The van der Waals surface area contributed by atoms with Crippen molar-refractivity contribution in [3.8, 4) is 11.3 Å². The van der Waals surface area contributed by atoms with Crippen LogP contribution >= 0.6 is 0 Å². The highest BCUT2D eigenvalue weighted by Gasteiger charge is 2.23. The molecule has 0 fully saturated rings. The lowest BCUT2D eigenvalue weighted by atomic mass is 10.1. The maximum absolute atomic E-state index is 12.6. The minimum absolute atomic E-state index is 0.294. The van der Waals surface area contributed by atoms with Crippen molar-refractivity contribution < 1.29 is 14.3 Å². The van der Waals surface area contributed by atoms with Gasteiger partial charge in [-0.15, -0.1) is 0 Å². The van der Waals surface area contributed by atoms with Crippen molar-refractivity contribution in [2.75, 3.05) is 0 Å². The van der Waals surface area contributed by atoms with Crippen LogP contribution in [0, 0.1) is 6.92 Å². The van der Waals surface area contributed by atoms with Gasteiger partial charge in [-0.2, -0.15) is 5.10 Å². The number of nitrogens with zero attached hydrogens (tertiary/aromatic N) is 2. The van der Waals surface area contributed by atoms with Crippen LogP contribution in [0.3, 0.4) is 0 Å². The SMILES string of the molecule is Cc1ccc(-c2nn(Cc3ccccc3)cc2C(=O)O[C@H](C)C(N)=O)cc1. The van der Waals surface area contributed by atoms with E-state index < -0.39 is 18.0 Å². The lowest BCUT2D eigenvalue weighted by molar-refractivity contribution is -0.125. The van der Waals surface area contributed by atoms with E-state index in [4.69, 9.17) is 10.5 Å². The van der Waals surface area contributed by atoms with Gasteiger partial charge in [0.25, 0.3) is 5.91 Å². The average molecular weight is 363 g/mol. The third-order valence-electron chi connectivity index (χ3n) is 4.18. The van der Waals surface area contributed by atoms with Crippen LogP contribution in [0.2, 0.25) is 0 Å². The van der Waals surface area contributed by atoms with Gasteiger partial charge in [0.05, 0.1) is 6.54 Å². The van der Waals surface area contributed by atoms with Crippen molar-refractivity contribution in [1.29, 1.82) is 0 Å². The van der Waals surface area contributed by atoms with Crippen molar-refractivity contribution in [2.24, 2.45) is 5.73 Å². The number of benzene rings is 2. The Kier molecular flexibility index (Phi) is 5.35. The zero-order valence-corrected chi connectivity index (χ0v) is 15.3. The molecule has 0 bridgehead atoms. The maximum atomic E-state index is 12.6. The van der Waals surface area contributed by atoms with Gasteiger partial charge < -0.3 is 10.5 Å². The van der Waals surface area contributed by atoms with Crippen molar-refractivity contribution in [2.45, 2.75) is 26.5 Å². The van der Waals surface area contributed by atoms with Crippen LogP contribution in [0.5, 0.6) is 0 Å². The first-order valence-corrected chi connectivity index (χ1v) is 8.63. The van der Waals surface area contributed by atoms with E-state index in [9.17, 15) is 9.59 Å². The van der Waals surface area contributed by atoms with E-state index in [0.717, 1.165) is 16.7 Å². The summed E-state index contributed by atoms with van der Waals surface area (Å²) in [5.74, 6) is -1.33. The number of aromatic nitrogens is 2. The molecule has 0 aliphatic carbocycles. The predicted octanol–water partition coefficient (Wildman–Crippen LogP) is 2.94. The third kappa shape index (κ3) is 4.41. The van der Waals surface area contributed by atoms with Crippen molar-refractivity contribution in [1.82, 2.24) is 9.78 Å². The molecule has 27 heavy (non-hydrogen) atoms. The number of hydrogen-bond donors (Lipinski definition) is 1. The molecule has 0 radical (unpaired) electrons. The summed E-state index contributed by atoms with van der Waals surface area (Å²) in [6.45, 7) is 3.94. The fourth-order valence-electron chi connectivity index (χ4n) is 2.63. The molecular formula is C21H21N3O3. The molecule has 6 heteroatoms. The van der Waals surface area contributed by atoms with E-state index in [1.165, 1.54) is 6.92 Å². The van der Waals surface area contributed by atoms with E-state index in [1.54, 1.807) is 10.9 Å².